The average Bonchev–Trinajstić information content (AvgIpc) is 2.38. The molecule has 0 spiro atoms. The van der Waals surface area contributed by atoms with Crippen molar-refractivity contribution in [1.29, 1.82) is 0 Å². The van der Waals surface area contributed by atoms with Gasteiger partial charge in [-0.25, -0.2) is 0 Å². The molecule has 17 heavy (non-hydrogen) atoms. The first-order valence-corrected chi connectivity index (χ1v) is 7.19. The first kappa shape index (κ1) is 14.5. The Morgan fingerprint density at radius 1 is 1.35 bits per heavy atom. The Morgan fingerprint density at radius 3 is 2.53 bits per heavy atom. The molecule has 100 valence electrons. The Morgan fingerprint density at radius 2 is 2.00 bits per heavy atom. The van der Waals surface area contributed by atoms with Crippen LogP contribution in [0.15, 0.2) is 0 Å². The van der Waals surface area contributed by atoms with E-state index in [1.165, 1.54) is 12.8 Å². The molecule has 1 heterocycles. The summed E-state index contributed by atoms with van der Waals surface area (Å²) in [5.74, 6) is 1.11. The largest absolute Gasteiger partial charge is 0.340 e. The Balaban J connectivity index is 2.31. The monoisotopic (exact) mass is 240 g/mol. The third-order valence-corrected chi connectivity index (χ3v) is 4.01. The Bertz CT molecular complexity index is 224. The lowest BCUT2D eigenvalue weighted by Crippen LogP contribution is -2.38. The van der Waals surface area contributed by atoms with Crippen molar-refractivity contribution in [3.8, 4) is 0 Å². The van der Waals surface area contributed by atoms with E-state index in [1.807, 2.05) is 4.90 Å². The highest BCUT2D eigenvalue weighted by Crippen LogP contribution is 2.19. The van der Waals surface area contributed by atoms with Gasteiger partial charge in [0.25, 0.3) is 0 Å². The van der Waals surface area contributed by atoms with Crippen LogP contribution < -0.4 is 5.32 Å². The van der Waals surface area contributed by atoms with Gasteiger partial charge in [0.05, 0.1) is 0 Å². The van der Waals surface area contributed by atoms with Gasteiger partial charge in [-0.2, -0.15) is 0 Å². The second kappa shape index (κ2) is 7.70. The van der Waals surface area contributed by atoms with Crippen LogP contribution in [-0.4, -0.2) is 36.5 Å². The van der Waals surface area contributed by atoms with Crippen LogP contribution in [0.2, 0.25) is 0 Å². The van der Waals surface area contributed by atoms with E-state index in [9.17, 15) is 4.79 Å². The van der Waals surface area contributed by atoms with Gasteiger partial charge in [-0.1, -0.05) is 6.92 Å². The van der Waals surface area contributed by atoms with E-state index in [1.54, 1.807) is 0 Å². The molecule has 0 aromatic carbocycles. The normalized spacial score (nSPS) is 19.0. The maximum Gasteiger partial charge on any atom is 0.222 e. The van der Waals surface area contributed by atoms with Crippen LogP contribution >= 0.6 is 0 Å². The van der Waals surface area contributed by atoms with Gasteiger partial charge in [0, 0.05) is 19.0 Å². The van der Waals surface area contributed by atoms with Crippen molar-refractivity contribution in [3.63, 3.8) is 0 Å². The molecule has 0 aromatic rings. The van der Waals surface area contributed by atoms with E-state index in [0.717, 1.165) is 44.8 Å². The minimum atomic E-state index is 0.348. The molecule has 1 aliphatic rings. The van der Waals surface area contributed by atoms with Crippen LogP contribution in [0.25, 0.3) is 0 Å². The van der Waals surface area contributed by atoms with Crippen molar-refractivity contribution in [2.75, 3.05) is 19.6 Å². The summed E-state index contributed by atoms with van der Waals surface area (Å²) in [5.41, 5.74) is 0. The molecular weight excluding hydrogens is 212 g/mol. The number of rotatable bonds is 6. The lowest BCUT2D eigenvalue weighted by atomic mass is 9.93. The first-order valence-electron chi connectivity index (χ1n) is 7.19. The lowest BCUT2D eigenvalue weighted by Gasteiger charge is -2.28. The molecule has 1 atom stereocenters. The highest BCUT2D eigenvalue weighted by Gasteiger charge is 2.19. The van der Waals surface area contributed by atoms with Crippen LogP contribution in [0.5, 0.6) is 0 Å². The number of carbonyl (C=O) groups excluding carboxylic acids is 1. The molecule has 1 aliphatic heterocycles. The van der Waals surface area contributed by atoms with Gasteiger partial charge in [0.1, 0.15) is 0 Å². The topological polar surface area (TPSA) is 32.3 Å². The molecule has 1 N–H and O–H groups in total. The third kappa shape index (κ3) is 4.66. The van der Waals surface area contributed by atoms with Crippen molar-refractivity contribution < 1.29 is 4.79 Å². The molecule has 0 saturated carbocycles. The number of amides is 1. The van der Waals surface area contributed by atoms with Crippen LogP contribution in [-0.2, 0) is 4.79 Å². The van der Waals surface area contributed by atoms with Crippen molar-refractivity contribution in [2.45, 2.75) is 58.9 Å². The fourth-order valence-corrected chi connectivity index (χ4v) is 2.60. The number of piperidine rings is 1. The quantitative estimate of drug-likeness (QED) is 0.773. The molecule has 0 aromatic heterocycles. The molecule has 0 aliphatic carbocycles. The summed E-state index contributed by atoms with van der Waals surface area (Å²) < 4.78 is 0. The van der Waals surface area contributed by atoms with E-state index in [2.05, 4.69) is 26.1 Å². The lowest BCUT2D eigenvalue weighted by molar-refractivity contribution is -0.133. The zero-order chi connectivity index (χ0) is 12.7. The third-order valence-electron chi connectivity index (χ3n) is 4.01. The minimum Gasteiger partial charge on any atom is -0.340 e. The molecule has 1 rings (SSSR count). The summed E-state index contributed by atoms with van der Waals surface area (Å²) in [6, 6.07) is 0.389. The number of nitrogens with zero attached hydrogens (tertiary/aromatic N) is 1. The van der Waals surface area contributed by atoms with E-state index >= 15 is 0 Å². The number of carbonyl (C=O) groups is 1. The molecule has 0 bridgehead atoms. The van der Waals surface area contributed by atoms with Crippen molar-refractivity contribution in [3.05, 3.63) is 0 Å². The molecule has 1 unspecified atom stereocenters. The van der Waals surface area contributed by atoms with Crippen molar-refractivity contribution >= 4 is 5.91 Å². The molecule has 3 heteroatoms. The Kier molecular flexibility index (Phi) is 6.56. The maximum absolute atomic E-state index is 12.1. The van der Waals surface area contributed by atoms with Gasteiger partial charge in [0.2, 0.25) is 5.91 Å². The van der Waals surface area contributed by atoms with Crippen LogP contribution in [0.4, 0.5) is 0 Å². The van der Waals surface area contributed by atoms with Crippen molar-refractivity contribution in [1.82, 2.24) is 10.2 Å². The molecular formula is C14H28N2O. The Hall–Kier alpha value is -0.570. The van der Waals surface area contributed by atoms with E-state index in [-0.39, 0.29) is 0 Å². The molecule has 0 radical (unpaired) electrons. The van der Waals surface area contributed by atoms with Crippen LogP contribution in [0.1, 0.15) is 52.9 Å². The number of hydrogen-bond acceptors (Lipinski definition) is 2. The standard InChI is InChI=1S/C14H28N2O/c1-4-12(3)16(5-2)14(17)7-6-13-8-10-15-11-9-13/h12-13,15H,4-11H2,1-3H3. The molecule has 1 saturated heterocycles. The first-order chi connectivity index (χ1) is 8.19. The second-order valence-corrected chi connectivity index (χ2v) is 5.17. The second-order valence-electron chi connectivity index (χ2n) is 5.17. The minimum absolute atomic E-state index is 0.348. The summed E-state index contributed by atoms with van der Waals surface area (Å²) in [4.78, 5) is 14.2. The number of nitrogens with one attached hydrogen (secondary N) is 1. The van der Waals surface area contributed by atoms with E-state index in [0.29, 0.717) is 11.9 Å². The van der Waals surface area contributed by atoms with Gasteiger partial charge in [-0.15, -0.1) is 0 Å². The van der Waals surface area contributed by atoms with Gasteiger partial charge >= 0.3 is 0 Å². The Labute approximate surface area is 106 Å². The highest BCUT2D eigenvalue weighted by molar-refractivity contribution is 5.76. The fraction of sp³-hybridized carbons (Fsp3) is 0.929. The van der Waals surface area contributed by atoms with Gasteiger partial charge < -0.3 is 10.2 Å². The summed E-state index contributed by atoms with van der Waals surface area (Å²) in [6.07, 6.45) is 5.34. The van der Waals surface area contributed by atoms with E-state index in [4.69, 9.17) is 0 Å². The highest BCUT2D eigenvalue weighted by atomic mass is 16.2. The van der Waals surface area contributed by atoms with E-state index < -0.39 is 0 Å². The van der Waals surface area contributed by atoms with Crippen LogP contribution in [0.3, 0.4) is 0 Å². The van der Waals surface area contributed by atoms with Gasteiger partial charge in [-0.3, -0.25) is 4.79 Å². The summed E-state index contributed by atoms with van der Waals surface area (Å²) in [5, 5.41) is 3.37. The molecule has 1 fully saturated rings. The summed E-state index contributed by atoms with van der Waals surface area (Å²) in [7, 11) is 0. The zero-order valence-electron chi connectivity index (χ0n) is 11.7. The predicted molar refractivity (Wildman–Crippen MR) is 72.0 cm³/mol. The molecule has 3 nitrogen and oxygen atoms in total. The number of hydrogen-bond donors (Lipinski definition) is 1. The maximum atomic E-state index is 12.1. The van der Waals surface area contributed by atoms with Crippen LogP contribution in [0, 0.1) is 5.92 Å². The molecule has 1 amide bonds. The van der Waals surface area contributed by atoms with Gasteiger partial charge in [-0.05, 0) is 58.5 Å². The summed E-state index contributed by atoms with van der Waals surface area (Å²) in [6.45, 7) is 9.47. The smallest absolute Gasteiger partial charge is 0.222 e. The zero-order valence-corrected chi connectivity index (χ0v) is 11.7. The van der Waals surface area contributed by atoms with Gasteiger partial charge in [0.15, 0.2) is 0 Å². The summed E-state index contributed by atoms with van der Waals surface area (Å²) >= 11 is 0. The predicted octanol–water partition coefficient (Wildman–Crippen LogP) is 2.41. The fourth-order valence-electron chi connectivity index (χ4n) is 2.60. The van der Waals surface area contributed by atoms with Crippen molar-refractivity contribution in [2.24, 2.45) is 5.92 Å². The average molecular weight is 240 g/mol. The SMILES string of the molecule is CCC(C)N(CC)C(=O)CCC1CCNCC1.